The minimum absolute atomic E-state index is 0.485. The molecule has 0 bridgehead atoms. The Morgan fingerprint density at radius 1 is 1.44 bits per heavy atom. The predicted octanol–water partition coefficient (Wildman–Crippen LogP) is 0.424. The monoisotopic (exact) mass is 224 g/mol. The lowest BCUT2D eigenvalue weighted by Crippen LogP contribution is -2.29. The van der Waals surface area contributed by atoms with Crippen LogP contribution in [0.5, 0.6) is 5.75 Å². The Bertz CT molecular complexity index is 368. The standard InChI is InChI=1S/C10H16N4O2/c1-15-6-8-3-4-9(5-10(8)16-2)14(12)7-13-11/h3-5,7H,6,11-12H2,1-2H3/b13-7-. The first-order valence-electron chi connectivity index (χ1n) is 4.66. The summed E-state index contributed by atoms with van der Waals surface area (Å²) in [7, 11) is 3.22. The van der Waals surface area contributed by atoms with E-state index in [1.54, 1.807) is 20.3 Å². The van der Waals surface area contributed by atoms with E-state index in [2.05, 4.69) is 5.10 Å². The summed E-state index contributed by atoms with van der Waals surface area (Å²) in [6.45, 7) is 0.485. The van der Waals surface area contributed by atoms with Crippen LogP contribution in [0.3, 0.4) is 0 Å². The summed E-state index contributed by atoms with van der Waals surface area (Å²) in [6.07, 6.45) is 1.31. The van der Waals surface area contributed by atoms with Gasteiger partial charge in [-0.2, -0.15) is 5.10 Å². The van der Waals surface area contributed by atoms with Crippen molar-refractivity contribution in [2.24, 2.45) is 16.8 Å². The van der Waals surface area contributed by atoms with Crippen molar-refractivity contribution < 1.29 is 9.47 Å². The molecule has 0 aromatic heterocycles. The van der Waals surface area contributed by atoms with E-state index in [1.807, 2.05) is 12.1 Å². The summed E-state index contributed by atoms with van der Waals surface area (Å²) in [5.74, 6) is 11.4. The number of rotatable bonds is 5. The molecule has 88 valence electrons. The quantitative estimate of drug-likeness (QED) is 0.328. The number of nitrogens with two attached hydrogens (primary N) is 2. The third kappa shape index (κ3) is 2.85. The highest BCUT2D eigenvalue weighted by molar-refractivity contribution is 5.77. The highest BCUT2D eigenvalue weighted by atomic mass is 16.5. The van der Waals surface area contributed by atoms with E-state index in [9.17, 15) is 0 Å². The van der Waals surface area contributed by atoms with Crippen molar-refractivity contribution in [1.82, 2.24) is 0 Å². The fraction of sp³-hybridized carbons (Fsp3) is 0.300. The second-order valence-corrected chi connectivity index (χ2v) is 3.10. The molecule has 0 fully saturated rings. The number of ether oxygens (including phenoxy) is 2. The number of nitrogens with zero attached hydrogens (tertiary/aromatic N) is 2. The van der Waals surface area contributed by atoms with Gasteiger partial charge in [0.25, 0.3) is 0 Å². The number of hydrazone groups is 1. The third-order valence-corrected chi connectivity index (χ3v) is 2.06. The van der Waals surface area contributed by atoms with Crippen molar-refractivity contribution in [3.63, 3.8) is 0 Å². The maximum absolute atomic E-state index is 5.67. The Hall–Kier alpha value is -1.79. The number of hydrogen-bond donors (Lipinski definition) is 2. The van der Waals surface area contributed by atoms with Crippen LogP contribution in [0.1, 0.15) is 5.56 Å². The van der Waals surface area contributed by atoms with Crippen LogP contribution in [0.25, 0.3) is 0 Å². The van der Waals surface area contributed by atoms with Gasteiger partial charge in [-0.15, -0.1) is 0 Å². The van der Waals surface area contributed by atoms with Crippen LogP contribution >= 0.6 is 0 Å². The second-order valence-electron chi connectivity index (χ2n) is 3.10. The van der Waals surface area contributed by atoms with Gasteiger partial charge in [-0.05, 0) is 6.07 Å². The molecule has 0 aliphatic carbocycles. The fourth-order valence-corrected chi connectivity index (χ4v) is 1.31. The van der Waals surface area contributed by atoms with Crippen LogP contribution in [0.15, 0.2) is 23.3 Å². The summed E-state index contributed by atoms with van der Waals surface area (Å²) in [5, 5.41) is 4.64. The summed E-state index contributed by atoms with van der Waals surface area (Å²) >= 11 is 0. The van der Waals surface area contributed by atoms with Crippen molar-refractivity contribution in [3.05, 3.63) is 23.8 Å². The molecular weight excluding hydrogens is 208 g/mol. The lowest BCUT2D eigenvalue weighted by atomic mass is 10.2. The van der Waals surface area contributed by atoms with Gasteiger partial charge in [-0.1, -0.05) is 6.07 Å². The zero-order valence-electron chi connectivity index (χ0n) is 9.38. The van der Waals surface area contributed by atoms with Crippen LogP contribution in [0.2, 0.25) is 0 Å². The molecule has 0 unspecified atom stereocenters. The van der Waals surface area contributed by atoms with Gasteiger partial charge in [0, 0.05) is 18.7 Å². The van der Waals surface area contributed by atoms with E-state index in [0.717, 1.165) is 11.3 Å². The van der Waals surface area contributed by atoms with Crippen molar-refractivity contribution in [1.29, 1.82) is 0 Å². The summed E-state index contributed by atoms with van der Waals surface area (Å²) in [6, 6.07) is 5.50. The van der Waals surface area contributed by atoms with Crippen LogP contribution in [0.4, 0.5) is 5.69 Å². The Labute approximate surface area is 94.4 Å². The molecule has 0 amide bonds. The molecule has 6 nitrogen and oxygen atoms in total. The molecule has 6 heteroatoms. The topological polar surface area (TPSA) is 86.1 Å². The smallest absolute Gasteiger partial charge is 0.129 e. The van der Waals surface area contributed by atoms with E-state index >= 15 is 0 Å². The van der Waals surface area contributed by atoms with Crippen molar-refractivity contribution in [2.75, 3.05) is 19.2 Å². The Morgan fingerprint density at radius 2 is 2.19 bits per heavy atom. The molecule has 16 heavy (non-hydrogen) atoms. The molecule has 4 N–H and O–H groups in total. The van der Waals surface area contributed by atoms with E-state index in [-0.39, 0.29) is 0 Å². The van der Waals surface area contributed by atoms with Crippen LogP contribution < -0.4 is 21.4 Å². The van der Waals surface area contributed by atoms with Gasteiger partial charge in [-0.25, -0.2) is 5.84 Å². The average Bonchev–Trinajstić information content (AvgIpc) is 2.30. The molecule has 1 aromatic carbocycles. The molecular formula is C10H16N4O2. The number of hydrogen-bond acceptors (Lipinski definition) is 5. The van der Waals surface area contributed by atoms with Crippen molar-refractivity contribution in [3.8, 4) is 5.75 Å². The largest absolute Gasteiger partial charge is 0.496 e. The van der Waals surface area contributed by atoms with Crippen molar-refractivity contribution in [2.45, 2.75) is 6.61 Å². The molecule has 0 aliphatic rings. The molecule has 0 heterocycles. The maximum Gasteiger partial charge on any atom is 0.129 e. The zero-order chi connectivity index (χ0) is 12.0. The average molecular weight is 224 g/mol. The predicted molar refractivity (Wildman–Crippen MR) is 63.1 cm³/mol. The van der Waals surface area contributed by atoms with Crippen molar-refractivity contribution >= 4 is 12.0 Å². The Balaban J connectivity index is 2.98. The molecule has 1 aromatic rings. The zero-order valence-corrected chi connectivity index (χ0v) is 9.38. The molecule has 0 aliphatic heterocycles. The van der Waals surface area contributed by atoms with Gasteiger partial charge in [0.2, 0.25) is 0 Å². The Kier molecular flexibility index (Phi) is 4.56. The summed E-state index contributed by atoms with van der Waals surface area (Å²) in [5.41, 5.74) is 1.68. The minimum Gasteiger partial charge on any atom is -0.496 e. The fourth-order valence-electron chi connectivity index (χ4n) is 1.31. The molecule has 1 rings (SSSR count). The molecule has 0 atom stereocenters. The van der Waals surface area contributed by atoms with Gasteiger partial charge in [0.1, 0.15) is 12.1 Å². The van der Waals surface area contributed by atoms with Crippen LogP contribution in [0, 0.1) is 0 Å². The van der Waals surface area contributed by atoms with Gasteiger partial charge >= 0.3 is 0 Å². The molecule has 0 saturated carbocycles. The molecule has 0 saturated heterocycles. The second kappa shape index (κ2) is 5.94. The lowest BCUT2D eigenvalue weighted by Gasteiger charge is -2.15. The highest BCUT2D eigenvalue weighted by Gasteiger charge is 2.06. The number of anilines is 1. The Morgan fingerprint density at radius 3 is 2.75 bits per heavy atom. The van der Waals surface area contributed by atoms with Gasteiger partial charge < -0.3 is 15.3 Å². The van der Waals surface area contributed by atoms with E-state index in [4.69, 9.17) is 21.2 Å². The minimum atomic E-state index is 0.485. The van der Waals surface area contributed by atoms with Gasteiger partial charge in [0.15, 0.2) is 0 Å². The maximum atomic E-state index is 5.67. The SMILES string of the molecule is COCc1ccc(N(N)/C=N\N)cc1OC. The lowest BCUT2D eigenvalue weighted by molar-refractivity contribution is 0.181. The van der Waals surface area contributed by atoms with E-state index in [0.29, 0.717) is 12.4 Å². The van der Waals surface area contributed by atoms with Gasteiger partial charge in [-0.3, -0.25) is 5.01 Å². The first-order chi connectivity index (χ1) is 7.72. The molecule has 0 radical (unpaired) electrons. The number of benzene rings is 1. The number of hydrazine groups is 1. The van der Waals surface area contributed by atoms with Crippen LogP contribution in [-0.4, -0.2) is 20.6 Å². The summed E-state index contributed by atoms with van der Waals surface area (Å²) < 4.78 is 10.3. The van der Waals surface area contributed by atoms with E-state index in [1.165, 1.54) is 11.3 Å². The normalized spacial score (nSPS) is 10.7. The first-order valence-corrected chi connectivity index (χ1v) is 4.66. The molecule has 0 spiro atoms. The van der Waals surface area contributed by atoms with Gasteiger partial charge in [0.05, 0.1) is 19.4 Å². The number of methoxy groups -OCH3 is 2. The summed E-state index contributed by atoms with van der Waals surface area (Å²) in [4.78, 5) is 0. The van der Waals surface area contributed by atoms with Crippen LogP contribution in [-0.2, 0) is 11.3 Å². The first kappa shape index (κ1) is 12.3. The third-order valence-electron chi connectivity index (χ3n) is 2.06. The highest BCUT2D eigenvalue weighted by Crippen LogP contribution is 2.24. The van der Waals surface area contributed by atoms with E-state index < -0.39 is 0 Å².